The molecule has 0 aliphatic heterocycles. The van der Waals surface area contributed by atoms with Crippen molar-refractivity contribution in [3.63, 3.8) is 0 Å². The summed E-state index contributed by atoms with van der Waals surface area (Å²) in [5.41, 5.74) is 4.53. The summed E-state index contributed by atoms with van der Waals surface area (Å²) in [7, 11) is -3.54. The SMILES string of the molecule is N[C@]1(C(=O)NS(=O)(=O)C2CC2)C[C@H]1CCF. The van der Waals surface area contributed by atoms with Crippen molar-refractivity contribution in [2.45, 2.75) is 36.5 Å². The average Bonchev–Trinajstić information content (AvgIpc) is 3.01. The van der Waals surface area contributed by atoms with Crippen molar-refractivity contribution in [3.8, 4) is 0 Å². The van der Waals surface area contributed by atoms with Gasteiger partial charge < -0.3 is 5.73 Å². The van der Waals surface area contributed by atoms with Gasteiger partial charge in [-0.2, -0.15) is 0 Å². The van der Waals surface area contributed by atoms with Crippen molar-refractivity contribution >= 4 is 15.9 Å². The minimum Gasteiger partial charge on any atom is -0.317 e. The molecule has 0 radical (unpaired) electrons. The van der Waals surface area contributed by atoms with E-state index in [0.29, 0.717) is 19.3 Å². The molecule has 2 atom stereocenters. The number of hydrogen-bond acceptors (Lipinski definition) is 4. The minimum atomic E-state index is -3.54. The van der Waals surface area contributed by atoms with Crippen LogP contribution < -0.4 is 10.5 Å². The van der Waals surface area contributed by atoms with Crippen molar-refractivity contribution in [1.29, 1.82) is 0 Å². The number of alkyl halides is 1. The van der Waals surface area contributed by atoms with Crippen LogP contribution in [0.15, 0.2) is 0 Å². The van der Waals surface area contributed by atoms with E-state index in [9.17, 15) is 17.6 Å². The van der Waals surface area contributed by atoms with E-state index in [1.807, 2.05) is 4.72 Å². The number of hydrogen-bond donors (Lipinski definition) is 2. The van der Waals surface area contributed by atoms with Crippen molar-refractivity contribution in [3.05, 3.63) is 0 Å². The first kappa shape index (κ1) is 11.8. The van der Waals surface area contributed by atoms with Crippen molar-refractivity contribution in [1.82, 2.24) is 4.72 Å². The molecule has 2 aliphatic rings. The van der Waals surface area contributed by atoms with Crippen LogP contribution >= 0.6 is 0 Å². The number of sulfonamides is 1. The van der Waals surface area contributed by atoms with E-state index in [2.05, 4.69) is 0 Å². The lowest BCUT2D eigenvalue weighted by Gasteiger charge is -2.11. The van der Waals surface area contributed by atoms with E-state index in [-0.39, 0.29) is 12.3 Å². The van der Waals surface area contributed by atoms with Gasteiger partial charge >= 0.3 is 0 Å². The normalized spacial score (nSPS) is 33.5. The Morgan fingerprint density at radius 1 is 1.50 bits per heavy atom. The molecule has 16 heavy (non-hydrogen) atoms. The minimum absolute atomic E-state index is 0.216. The zero-order chi connectivity index (χ0) is 12.0. The summed E-state index contributed by atoms with van der Waals surface area (Å²) in [5.74, 6) is -0.912. The molecule has 0 saturated heterocycles. The molecule has 2 saturated carbocycles. The maximum atomic E-state index is 12.1. The van der Waals surface area contributed by atoms with Gasteiger partial charge in [-0.3, -0.25) is 13.9 Å². The summed E-state index contributed by atoms with van der Waals surface area (Å²) < 4.78 is 37.0. The predicted molar refractivity (Wildman–Crippen MR) is 55.7 cm³/mol. The predicted octanol–water partition coefficient (Wildman–Crippen LogP) is -0.328. The van der Waals surface area contributed by atoms with Crippen molar-refractivity contribution in [2.24, 2.45) is 11.7 Å². The number of rotatable bonds is 5. The molecule has 7 heteroatoms. The van der Waals surface area contributed by atoms with Crippen LogP contribution in [0.4, 0.5) is 4.39 Å². The van der Waals surface area contributed by atoms with Gasteiger partial charge in [-0.25, -0.2) is 8.42 Å². The second-order valence-corrected chi connectivity index (χ2v) is 6.56. The maximum absolute atomic E-state index is 12.1. The first-order chi connectivity index (χ1) is 7.40. The molecule has 0 spiro atoms. The third kappa shape index (κ3) is 2.06. The van der Waals surface area contributed by atoms with Gasteiger partial charge in [0.2, 0.25) is 10.0 Å². The number of carbonyl (C=O) groups is 1. The Bertz CT molecular complexity index is 407. The quantitative estimate of drug-likeness (QED) is 0.699. The van der Waals surface area contributed by atoms with E-state index in [4.69, 9.17) is 5.73 Å². The lowest BCUT2D eigenvalue weighted by molar-refractivity contribution is -0.121. The van der Waals surface area contributed by atoms with Crippen LogP contribution in [0.1, 0.15) is 25.7 Å². The first-order valence-corrected chi connectivity index (χ1v) is 6.85. The zero-order valence-electron chi connectivity index (χ0n) is 8.78. The fourth-order valence-electron chi connectivity index (χ4n) is 1.80. The summed E-state index contributed by atoms with van der Waals surface area (Å²) in [5, 5.41) is -0.446. The number of halogens is 1. The molecule has 1 amide bonds. The van der Waals surface area contributed by atoms with Gasteiger partial charge in [-0.1, -0.05) is 0 Å². The lowest BCUT2D eigenvalue weighted by Crippen LogP contribution is -2.47. The van der Waals surface area contributed by atoms with Crippen LogP contribution in [0.25, 0.3) is 0 Å². The summed E-state index contributed by atoms with van der Waals surface area (Å²) in [6.45, 7) is -0.535. The molecule has 0 unspecified atom stereocenters. The largest absolute Gasteiger partial charge is 0.317 e. The molecule has 0 bridgehead atoms. The number of carbonyl (C=O) groups excluding carboxylic acids is 1. The van der Waals surface area contributed by atoms with Crippen LogP contribution in [0.5, 0.6) is 0 Å². The molecular formula is C9H15FN2O3S. The molecule has 2 aliphatic carbocycles. The molecule has 5 nitrogen and oxygen atoms in total. The van der Waals surface area contributed by atoms with E-state index in [1.54, 1.807) is 0 Å². The number of nitrogens with two attached hydrogens (primary N) is 1. The molecule has 0 aromatic heterocycles. The van der Waals surface area contributed by atoms with Crippen LogP contribution in [-0.4, -0.2) is 31.8 Å². The summed E-state index contributed by atoms with van der Waals surface area (Å²) in [4.78, 5) is 11.6. The standard InChI is InChI=1S/C9H15FN2O3S/c10-4-3-6-5-9(6,11)8(13)12-16(14,15)7-1-2-7/h6-7H,1-5,11H2,(H,12,13)/t6-,9-/m1/s1. The molecule has 3 N–H and O–H groups in total. The van der Waals surface area contributed by atoms with E-state index in [1.165, 1.54) is 0 Å². The van der Waals surface area contributed by atoms with Crippen molar-refractivity contribution in [2.75, 3.05) is 6.67 Å². The van der Waals surface area contributed by atoms with Crippen molar-refractivity contribution < 1.29 is 17.6 Å². The third-order valence-corrected chi connectivity index (χ3v) is 5.05. The van der Waals surface area contributed by atoms with E-state index >= 15 is 0 Å². The fourth-order valence-corrected chi connectivity index (χ4v) is 3.18. The van der Waals surface area contributed by atoms with E-state index < -0.39 is 33.4 Å². The molecular weight excluding hydrogens is 235 g/mol. The lowest BCUT2D eigenvalue weighted by atomic mass is 10.2. The van der Waals surface area contributed by atoms with Gasteiger partial charge in [0.05, 0.1) is 17.5 Å². The zero-order valence-corrected chi connectivity index (χ0v) is 9.60. The number of nitrogens with one attached hydrogen (secondary N) is 1. The fraction of sp³-hybridized carbons (Fsp3) is 0.889. The topological polar surface area (TPSA) is 89.3 Å². The summed E-state index contributed by atoms with van der Waals surface area (Å²) in [6.07, 6.45) is 1.76. The Hall–Kier alpha value is -0.690. The Balaban J connectivity index is 1.94. The Morgan fingerprint density at radius 3 is 2.62 bits per heavy atom. The number of amides is 1. The Kier molecular flexibility index (Phi) is 2.70. The average molecular weight is 250 g/mol. The molecule has 2 rings (SSSR count). The van der Waals surface area contributed by atoms with Gasteiger partial charge in [0.15, 0.2) is 0 Å². The molecule has 0 aromatic rings. The smallest absolute Gasteiger partial charge is 0.253 e. The molecule has 92 valence electrons. The first-order valence-electron chi connectivity index (χ1n) is 5.31. The third-order valence-electron chi connectivity index (χ3n) is 3.23. The summed E-state index contributed by atoms with van der Waals surface area (Å²) >= 11 is 0. The molecule has 0 aromatic carbocycles. The second kappa shape index (κ2) is 3.66. The highest BCUT2D eigenvalue weighted by Crippen LogP contribution is 2.44. The van der Waals surface area contributed by atoms with Gasteiger partial charge in [0, 0.05) is 0 Å². The van der Waals surface area contributed by atoms with Gasteiger partial charge in [-0.05, 0) is 31.6 Å². The monoisotopic (exact) mass is 250 g/mol. The molecule has 0 heterocycles. The highest BCUT2D eigenvalue weighted by Gasteiger charge is 2.57. The van der Waals surface area contributed by atoms with Crippen LogP contribution in [0.3, 0.4) is 0 Å². The second-order valence-electron chi connectivity index (χ2n) is 4.59. The maximum Gasteiger partial charge on any atom is 0.253 e. The van der Waals surface area contributed by atoms with Gasteiger partial charge in [-0.15, -0.1) is 0 Å². The van der Waals surface area contributed by atoms with Crippen LogP contribution in [0.2, 0.25) is 0 Å². The van der Waals surface area contributed by atoms with Crippen LogP contribution in [-0.2, 0) is 14.8 Å². The highest BCUT2D eigenvalue weighted by molar-refractivity contribution is 7.90. The van der Waals surface area contributed by atoms with Gasteiger partial charge in [0.25, 0.3) is 5.91 Å². The highest BCUT2D eigenvalue weighted by atomic mass is 32.2. The van der Waals surface area contributed by atoms with Gasteiger partial charge in [0.1, 0.15) is 0 Å². The Labute approximate surface area is 93.6 Å². The molecule has 2 fully saturated rings. The Morgan fingerprint density at radius 2 is 2.12 bits per heavy atom. The summed E-state index contributed by atoms with van der Waals surface area (Å²) in [6, 6.07) is 0. The van der Waals surface area contributed by atoms with E-state index in [0.717, 1.165) is 0 Å². The van der Waals surface area contributed by atoms with Crippen LogP contribution in [0, 0.1) is 5.92 Å².